The van der Waals surface area contributed by atoms with Gasteiger partial charge in [-0.15, -0.1) is 20.5 Å². The SMILES string of the molecule is Cn1c(N=Nc2cc3c4c(c2C(=O)O)CCCN4CCC3)nc2ccc(C#N)cc21.Cn1c(N=Nc2cc3c4c(c2C(=O)O)CCN4CCC3)nc2ccc(C(F)(F)F)cc21.[Ni]. The van der Waals surface area contributed by atoms with Crippen LogP contribution in [-0.2, 0) is 62.4 Å². The zero-order valence-electron chi connectivity index (χ0n) is 33.5. The summed E-state index contributed by atoms with van der Waals surface area (Å²) in [6.07, 6.45) is 1.67. The van der Waals surface area contributed by atoms with Crippen molar-refractivity contribution in [3.63, 3.8) is 0 Å². The van der Waals surface area contributed by atoms with Crippen LogP contribution in [0.4, 0.5) is 47.8 Å². The Kier molecular flexibility index (Phi) is 11.1. The van der Waals surface area contributed by atoms with Gasteiger partial charge in [-0.3, -0.25) is 0 Å². The molecule has 0 saturated carbocycles. The standard InChI is InChI=1S/C22H20N6O2.C21H18F3N5O2.Ni/c1-27-18-10-13(12-23)6-7-16(18)24-22(27)26-25-17-11-14-4-2-8-28-9-3-5-15(20(14)28)19(17)21(29)30;1-28-16-10-12(21(22,23)24)4-5-14(16)25-20(28)27-26-15-9-11-3-2-7-29-8-6-13(18(11)29)17(15)19(30)31;/h6-7,10-11H,2-5,8-9H2,1H3,(H,29,30);4-5,9-10H,2-3,6-8H2,1H3,(H,30,31);. The fourth-order valence-corrected chi connectivity index (χ4v) is 9.10. The Labute approximate surface area is 362 Å². The Balaban J connectivity index is 0.000000168. The quantitative estimate of drug-likeness (QED) is 0.121. The molecule has 15 nitrogen and oxygen atoms in total. The van der Waals surface area contributed by atoms with Crippen molar-refractivity contribution >= 4 is 68.7 Å². The molecule has 0 radical (unpaired) electrons. The maximum Gasteiger partial charge on any atom is 0.416 e. The van der Waals surface area contributed by atoms with Gasteiger partial charge >= 0.3 is 18.1 Å². The van der Waals surface area contributed by atoms with E-state index in [2.05, 4.69) is 46.3 Å². The van der Waals surface area contributed by atoms with Crippen LogP contribution in [0.2, 0.25) is 0 Å². The van der Waals surface area contributed by atoms with Crippen LogP contribution in [-0.4, -0.2) is 67.4 Å². The molecule has 19 heteroatoms. The summed E-state index contributed by atoms with van der Waals surface area (Å²) in [4.78, 5) is 37.4. The number of hydrogen-bond acceptors (Lipinski definition) is 11. The van der Waals surface area contributed by atoms with Crippen LogP contribution in [0.5, 0.6) is 0 Å². The maximum absolute atomic E-state index is 13.0. The Morgan fingerprint density at radius 2 is 1.16 bits per heavy atom. The molecule has 4 aliphatic rings. The summed E-state index contributed by atoms with van der Waals surface area (Å²) in [6, 6.07) is 14.2. The number of nitrogens with zero attached hydrogens (tertiary/aromatic N) is 11. The van der Waals surface area contributed by atoms with Crippen molar-refractivity contribution in [3.8, 4) is 6.07 Å². The third-order valence-electron chi connectivity index (χ3n) is 11.9. The molecule has 0 fully saturated rings. The molecule has 320 valence electrons. The molecule has 0 aliphatic carbocycles. The first-order valence-electron chi connectivity index (χ1n) is 19.9. The van der Waals surface area contributed by atoms with Crippen molar-refractivity contribution in [3.05, 3.63) is 93.0 Å². The van der Waals surface area contributed by atoms with Crippen LogP contribution >= 0.6 is 0 Å². The van der Waals surface area contributed by atoms with Crippen molar-refractivity contribution in [2.45, 2.75) is 51.1 Å². The number of aromatic nitrogens is 4. The van der Waals surface area contributed by atoms with Crippen LogP contribution < -0.4 is 9.80 Å². The van der Waals surface area contributed by atoms with E-state index in [0.29, 0.717) is 34.7 Å². The Morgan fingerprint density at radius 1 is 0.677 bits per heavy atom. The fourth-order valence-electron chi connectivity index (χ4n) is 9.10. The molecule has 0 bridgehead atoms. The summed E-state index contributed by atoms with van der Waals surface area (Å²) in [5.74, 6) is -1.58. The number of imidazole rings is 2. The van der Waals surface area contributed by atoms with Gasteiger partial charge in [-0.2, -0.15) is 18.4 Å². The molecule has 10 rings (SSSR count). The van der Waals surface area contributed by atoms with Crippen LogP contribution in [0.1, 0.15) is 73.4 Å². The molecule has 0 saturated heterocycles. The topological polar surface area (TPSA) is 190 Å². The Bertz CT molecular complexity index is 2930. The van der Waals surface area contributed by atoms with E-state index >= 15 is 0 Å². The molecule has 6 aromatic rings. The minimum Gasteiger partial charge on any atom is -0.478 e. The average Bonchev–Trinajstić information content (AvgIpc) is 3.91. The Hall–Kier alpha value is -6.67. The zero-order chi connectivity index (χ0) is 42.7. The first-order valence-corrected chi connectivity index (χ1v) is 19.9. The second kappa shape index (κ2) is 16.3. The summed E-state index contributed by atoms with van der Waals surface area (Å²) >= 11 is 0. The van der Waals surface area contributed by atoms with E-state index in [9.17, 15) is 33.0 Å². The largest absolute Gasteiger partial charge is 0.478 e. The van der Waals surface area contributed by atoms with Gasteiger partial charge in [0.15, 0.2) is 0 Å². The monoisotopic (exact) mass is 887 g/mol. The van der Waals surface area contributed by atoms with E-state index in [-0.39, 0.29) is 44.8 Å². The number of carboxylic acid groups (broad SMARTS) is 2. The molecule has 0 amide bonds. The van der Waals surface area contributed by atoms with Gasteiger partial charge in [0.2, 0.25) is 11.9 Å². The maximum atomic E-state index is 13.0. The number of fused-ring (bicyclic) bond motifs is 2. The van der Waals surface area contributed by atoms with Gasteiger partial charge in [0.05, 0.1) is 50.4 Å². The molecule has 0 spiro atoms. The molecule has 0 unspecified atom stereocenters. The van der Waals surface area contributed by atoms with Gasteiger partial charge in [-0.05, 0) is 116 Å². The van der Waals surface area contributed by atoms with Crippen molar-refractivity contribution in [2.24, 2.45) is 34.6 Å². The number of halogens is 3. The van der Waals surface area contributed by atoms with E-state index in [4.69, 9.17) is 5.26 Å². The molecule has 4 aliphatic heterocycles. The molecule has 0 atom stereocenters. The molecular weight excluding hydrogens is 850 g/mol. The number of carboxylic acids is 2. The Morgan fingerprint density at radius 3 is 1.68 bits per heavy atom. The summed E-state index contributed by atoms with van der Waals surface area (Å²) < 4.78 is 42.2. The van der Waals surface area contributed by atoms with Crippen molar-refractivity contribution < 1.29 is 49.5 Å². The second-order valence-corrected chi connectivity index (χ2v) is 15.5. The number of carbonyl (C=O) groups is 2. The number of alkyl halides is 3. The number of aromatic carboxylic acids is 2. The van der Waals surface area contributed by atoms with E-state index in [1.807, 2.05) is 6.07 Å². The fraction of sp³-hybridized carbons (Fsp3) is 0.326. The van der Waals surface area contributed by atoms with Gasteiger partial charge in [0, 0.05) is 68.1 Å². The molecule has 4 aromatic carbocycles. The molecule has 2 N–H and O–H groups in total. The molecule has 6 heterocycles. The number of rotatable bonds is 6. The predicted octanol–water partition coefficient (Wildman–Crippen LogP) is 9.27. The smallest absolute Gasteiger partial charge is 0.416 e. The summed E-state index contributed by atoms with van der Waals surface area (Å²) in [5, 5.41) is 45.8. The number of nitriles is 1. The van der Waals surface area contributed by atoms with Gasteiger partial charge in [0.1, 0.15) is 11.4 Å². The first kappa shape index (κ1) is 42.0. The zero-order valence-corrected chi connectivity index (χ0v) is 34.5. The molecule has 62 heavy (non-hydrogen) atoms. The van der Waals surface area contributed by atoms with E-state index in [1.165, 1.54) is 10.6 Å². The predicted molar refractivity (Wildman–Crippen MR) is 219 cm³/mol. The van der Waals surface area contributed by atoms with Crippen molar-refractivity contribution in [1.29, 1.82) is 5.26 Å². The number of anilines is 2. The second-order valence-electron chi connectivity index (χ2n) is 15.5. The minimum atomic E-state index is -4.46. The van der Waals surface area contributed by atoms with Crippen molar-refractivity contribution in [1.82, 2.24) is 19.1 Å². The van der Waals surface area contributed by atoms with Crippen LogP contribution in [0, 0.1) is 11.3 Å². The van der Waals surface area contributed by atoms with Gasteiger partial charge in [-0.25, -0.2) is 19.6 Å². The van der Waals surface area contributed by atoms with Gasteiger partial charge in [0.25, 0.3) is 0 Å². The number of azo groups is 2. The molecule has 2 aromatic heterocycles. The number of benzene rings is 4. The summed E-state index contributed by atoms with van der Waals surface area (Å²) in [7, 11) is 3.35. The van der Waals surface area contributed by atoms with E-state index in [1.54, 1.807) is 42.9 Å². The van der Waals surface area contributed by atoms with Crippen LogP contribution in [0.15, 0.2) is 69.0 Å². The van der Waals surface area contributed by atoms with Gasteiger partial charge < -0.3 is 29.1 Å². The summed E-state index contributed by atoms with van der Waals surface area (Å²) in [6.45, 7) is 3.66. The third kappa shape index (κ3) is 7.42. The van der Waals surface area contributed by atoms with Crippen LogP contribution in [0.3, 0.4) is 0 Å². The average molecular weight is 889 g/mol. The minimum absolute atomic E-state index is 0. The van der Waals surface area contributed by atoms with Gasteiger partial charge in [-0.1, -0.05) is 0 Å². The number of aryl methyl sites for hydroxylation is 4. The molecular formula is C43H38F3N11NiO4. The van der Waals surface area contributed by atoms with E-state index < -0.39 is 23.7 Å². The third-order valence-corrected chi connectivity index (χ3v) is 11.9. The van der Waals surface area contributed by atoms with E-state index in [0.717, 1.165) is 116 Å². The van der Waals surface area contributed by atoms with Crippen molar-refractivity contribution in [2.75, 3.05) is 36.0 Å². The van der Waals surface area contributed by atoms with Crippen LogP contribution in [0.25, 0.3) is 22.1 Å². The summed E-state index contributed by atoms with van der Waals surface area (Å²) in [5.41, 5.74) is 8.82. The normalized spacial score (nSPS) is 15.4. The first-order chi connectivity index (χ1) is 29.3. The number of hydrogen-bond donors (Lipinski definition) is 2.